The lowest BCUT2D eigenvalue weighted by molar-refractivity contribution is 1.05. The standard InChI is InChI=1S/C51H31N5S/c1-3-12-32(13-4-1)42-31-49(54-51(53-42)33-14-5-2-6-15-33)56-44-19-10-8-17-38(44)40-29-35(22-25-46(40)56)34-21-24-45-39(28-34)37-16-7-9-18-43(37)55(45)36-23-26-47-41(30-36)50-48(57-47)20-11-27-52-50/h1-31H. The first kappa shape index (κ1) is 31.9. The van der Waals surface area contributed by atoms with Gasteiger partial charge in [0.2, 0.25) is 0 Å². The molecule has 0 spiro atoms. The molecule has 0 atom stereocenters. The Bertz CT molecular complexity index is 3470. The van der Waals surface area contributed by atoms with Crippen LogP contribution in [0.15, 0.2) is 188 Å². The van der Waals surface area contributed by atoms with Crippen LogP contribution in [0.1, 0.15) is 0 Å². The number of hydrogen-bond acceptors (Lipinski definition) is 4. The van der Waals surface area contributed by atoms with E-state index in [2.05, 4.69) is 161 Å². The van der Waals surface area contributed by atoms with Gasteiger partial charge >= 0.3 is 0 Å². The number of fused-ring (bicyclic) bond motifs is 9. The Labute approximate surface area is 331 Å². The second-order valence-electron chi connectivity index (χ2n) is 14.5. The van der Waals surface area contributed by atoms with Gasteiger partial charge in [-0.2, -0.15) is 0 Å². The summed E-state index contributed by atoms with van der Waals surface area (Å²) < 4.78 is 7.14. The van der Waals surface area contributed by atoms with Gasteiger partial charge in [-0.3, -0.25) is 9.55 Å². The fourth-order valence-electron chi connectivity index (χ4n) is 8.58. The molecule has 0 fully saturated rings. The third kappa shape index (κ3) is 5.04. The van der Waals surface area contributed by atoms with Crippen molar-refractivity contribution in [2.45, 2.75) is 0 Å². The summed E-state index contributed by atoms with van der Waals surface area (Å²) in [6.45, 7) is 0. The zero-order valence-corrected chi connectivity index (χ0v) is 31.4. The minimum absolute atomic E-state index is 0.697. The fraction of sp³-hybridized carbons (Fsp3) is 0. The summed E-state index contributed by atoms with van der Waals surface area (Å²) in [4.78, 5) is 15.0. The molecular weight excluding hydrogens is 715 g/mol. The molecule has 0 saturated carbocycles. The van der Waals surface area contributed by atoms with Gasteiger partial charge in [0.05, 0.1) is 38.0 Å². The Morgan fingerprint density at radius 1 is 0.386 bits per heavy atom. The Hall–Kier alpha value is -7.41. The average molecular weight is 746 g/mol. The monoisotopic (exact) mass is 745 g/mol. The highest BCUT2D eigenvalue weighted by atomic mass is 32.1. The van der Waals surface area contributed by atoms with Crippen molar-refractivity contribution in [3.63, 3.8) is 0 Å². The van der Waals surface area contributed by atoms with Crippen molar-refractivity contribution in [1.29, 1.82) is 0 Å². The first-order valence-corrected chi connectivity index (χ1v) is 19.9. The molecular formula is C51H31N5S. The highest BCUT2D eigenvalue weighted by Gasteiger charge is 2.19. The SMILES string of the molecule is c1ccc(-c2cc(-n3c4ccccc4c4cc(-c5ccc6c(c5)c5ccccc5n6-c5ccc6sc7cccnc7c6c5)ccc43)nc(-c3ccccc3)n2)cc1. The van der Waals surface area contributed by atoms with Crippen LogP contribution in [-0.2, 0) is 0 Å². The van der Waals surface area contributed by atoms with Gasteiger partial charge in [-0.25, -0.2) is 9.97 Å². The first-order valence-electron chi connectivity index (χ1n) is 19.1. The van der Waals surface area contributed by atoms with Crippen LogP contribution in [0.4, 0.5) is 0 Å². The second kappa shape index (κ2) is 12.6. The smallest absolute Gasteiger partial charge is 0.162 e. The summed E-state index contributed by atoms with van der Waals surface area (Å²) >= 11 is 1.80. The molecule has 0 amide bonds. The van der Waals surface area contributed by atoms with Crippen molar-refractivity contribution in [3.8, 4) is 45.3 Å². The molecule has 5 nitrogen and oxygen atoms in total. The molecule has 0 aliphatic heterocycles. The highest BCUT2D eigenvalue weighted by molar-refractivity contribution is 7.25. The van der Waals surface area contributed by atoms with E-state index in [0.29, 0.717) is 5.82 Å². The van der Waals surface area contributed by atoms with E-state index >= 15 is 0 Å². The van der Waals surface area contributed by atoms with Crippen molar-refractivity contribution >= 4 is 75.3 Å². The van der Waals surface area contributed by atoms with Crippen LogP contribution in [-0.4, -0.2) is 24.1 Å². The predicted molar refractivity (Wildman–Crippen MR) is 238 cm³/mol. The van der Waals surface area contributed by atoms with E-state index in [1.54, 1.807) is 11.3 Å². The Morgan fingerprint density at radius 3 is 1.72 bits per heavy atom. The van der Waals surface area contributed by atoms with Gasteiger partial charge in [0.1, 0.15) is 5.82 Å². The van der Waals surface area contributed by atoms with Crippen LogP contribution in [0.2, 0.25) is 0 Å². The normalized spacial score (nSPS) is 11.9. The molecule has 57 heavy (non-hydrogen) atoms. The minimum atomic E-state index is 0.697. The molecule has 0 unspecified atom stereocenters. The van der Waals surface area contributed by atoms with Crippen LogP contribution < -0.4 is 0 Å². The van der Waals surface area contributed by atoms with Gasteiger partial charge in [-0.1, -0.05) is 109 Å². The molecule has 5 heterocycles. The molecule has 7 aromatic carbocycles. The van der Waals surface area contributed by atoms with E-state index in [9.17, 15) is 0 Å². The Kier molecular flexibility index (Phi) is 7.03. The van der Waals surface area contributed by atoms with Gasteiger partial charge in [-0.05, 0) is 77.9 Å². The zero-order chi connectivity index (χ0) is 37.5. The van der Waals surface area contributed by atoms with Crippen LogP contribution in [0.3, 0.4) is 0 Å². The molecule has 0 saturated heterocycles. The molecule has 0 aliphatic carbocycles. The molecule has 12 rings (SSSR count). The number of pyridine rings is 1. The minimum Gasteiger partial charge on any atom is -0.309 e. The van der Waals surface area contributed by atoms with Gasteiger partial charge in [0.25, 0.3) is 0 Å². The Balaban J connectivity index is 1.03. The molecule has 266 valence electrons. The highest BCUT2D eigenvalue weighted by Crippen LogP contribution is 2.40. The molecule has 0 radical (unpaired) electrons. The van der Waals surface area contributed by atoms with Crippen molar-refractivity contribution in [3.05, 3.63) is 188 Å². The number of nitrogens with zero attached hydrogens (tertiary/aromatic N) is 5. The molecule has 5 aromatic heterocycles. The quantitative estimate of drug-likeness (QED) is 0.176. The van der Waals surface area contributed by atoms with Crippen molar-refractivity contribution in [2.75, 3.05) is 0 Å². The number of benzene rings is 7. The van der Waals surface area contributed by atoms with Crippen molar-refractivity contribution in [2.24, 2.45) is 0 Å². The zero-order valence-electron chi connectivity index (χ0n) is 30.5. The van der Waals surface area contributed by atoms with Gasteiger partial charge < -0.3 is 4.57 Å². The van der Waals surface area contributed by atoms with Crippen LogP contribution in [0.25, 0.3) is 109 Å². The van der Waals surface area contributed by atoms with Crippen LogP contribution in [0, 0.1) is 0 Å². The number of aromatic nitrogens is 5. The van der Waals surface area contributed by atoms with E-state index in [1.807, 2.05) is 36.5 Å². The van der Waals surface area contributed by atoms with Gasteiger partial charge in [0.15, 0.2) is 5.82 Å². The largest absolute Gasteiger partial charge is 0.309 e. The summed E-state index contributed by atoms with van der Waals surface area (Å²) in [5.41, 5.74) is 12.0. The lowest BCUT2D eigenvalue weighted by Gasteiger charge is -2.12. The lowest BCUT2D eigenvalue weighted by Crippen LogP contribution is -2.02. The number of para-hydroxylation sites is 2. The number of thiophene rings is 1. The van der Waals surface area contributed by atoms with Crippen LogP contribution in [0.5, 0.6) is 0 Å². The number of hydrogen-bond donors (Lipinski definition) is 0. The van der Waals surface area contributed by atoms with E-state index in [4.69, 9.17) is 15.0 Å². The van der Waals surface area contributed by atoms with Crippen molar-refractivity contribution < 1.29 is 0 Å². The van der Waals surface area contributed by atoms with E-state index in [-0.39, 0.29) is 0 Å². The average Bonchev–Trinajstić information content (AvgIpc) is 3.94. The van der Waals surface area contributed by atoms with E-state index < -0.39 is 0 Å². The summed E-state index contributed by atoms with van der Waals surface area (Å²) in [6, 6.07) is 64.8. The maximum Gasteiger partial charge on any atom is 0.162 e. The molecule has 0 aliphatic rings. The summed E-state index contributed by atoms with van der Waals surface area (Å²) in [6.07, 6.45) is 1.89. The molecule has 12 aromatic rings. The third-order valence-electron chi connectivity index (χ3n) is 11.2. The maximum atomic E-state index is 5.22. The summed E-state index contributed by atoms with van der Waals surface area (Å²) in [7, 11) is 0. The topological polar surface area (TPSA) is 48.5 Å². The summed E-state index contributed by atoms with van der Waals surface area (Å²) in [5.74, 6) is 1.53. The van der Waals surface area contributed by atoms with Crippen LogP contribution >= 0.6 is 11.3 Å². The molecule has 0 bridgehead atoms. The predicted octanol–water partition coefficient (Wildman–Crippen LogP) is 13.4. The maximum absolute atomic E-state index is 5.22. The van der Waals surface area contributed by atoms with Gasteiger partial charge in [-0.15, -0.1) is 11.3 Å². The third-order valence-corrected chi connectivity index (χ3v) is 12.3. The first-order chi connectivity index (χ1) is 28.2. The second-order valence-corrected chi connectivity index (χ2v) is 15.6. The summed E-state index contributed by atoms with van der Waals surface area (Å²) in [5, 5.41) is 6.00. The fourth-order valence-corrected chi connectivity index (χ4v) is 9.62. The molecule has 0 N–H and O–H groups in total. The van der Waals surface area contributed by atoms with E-state index in [1.165, 1.54) is 58.5 Å². The lowest BCUT2D eigenvalue weighted by atomic mass is 10.0. The number of rotatable bonds is 5. The Morgan fingerprint density at radius 2 is 1.00 bits per heavy atom. The van der Waals surface area contributed by atoms with Crippen molar-refractivity contribution in [1.82, 2.24) is 24.1 Å². The van der Waals surface area contributed by atoms with Gasteiger partial charge in [0, 0.05) is 60.7 Å². The molecule has 6 heteroatoms. The van der Waals surface area contributed by atoms with E-state index in [0.717, 1.165) is 44.9 Å².